The van der Waals surface area contributed by atoms with Crippen molar-refractivity contribution in [1.82, 2.24) is 0 Å². The second-order valence-corrected chi connectivity index (χ2v) is 1.60. The Morgan fingerprint density at radius 1 is 1.50 bits per heavy atom. The first-order valence-corrected chi connectivity index (χ1v) is 2.21. The maximum absolute atomic E-state index is 3.40. The summed E-state index contributed by atoms with van der Waals surface area (Å²) in [5.74, 6) is 6.31. The molecule has 1 fully saturated rings. The molecule has 0 bridgehead atoms. The summed E-state index contributed by atoms with van der Waals surface area (Å²) >= 11 is 0. The van der Waals surface area contributed by atoms with E-state index >= 15 is 0 Å². The van der Waals surface area contributed by atoms with Crippen LogP contribution >= 0.6 is 0 Å². The second kappa shape index (κ2) is 1.26. The van der Waals surface area contributed by atoms with Crippen LogP contribution in [0, 0.1) is 24.7 Å². The minimum absolute atomic E-state index is 0.725. The third-order valence-corrected chi connectivity index (χ3v) is 0.884. The van der Waals surface area contributed by atoms with Gasteiger partial charge in [-0.2, -0.15) is 6.92 Å². The molecule has 0 radical (unpaired) electrons. The van der Waals surface area contributed by atoms with Gasteiger partial charge in [-0.25, -0.2) is 0 Å². The molecule has 0 aromatic rings. The van der Waals surface area contributed by atoms with Gasteiger partial charge in [-0.05, 0) is 0 Å². The minimum Gasteiger partial charge on any atom is -0.324 e. The standard InChI is InChI=1S/C6H7/c1-2-3-6-4-5-6/h6H,1,4-5H2/q-1. The molecule has 0 aromatic heterocycles. The van der Waals surface area contributed by atoms with Crippen LogP contribution in [0.25, 0.3) is 0 Å². The van der Waals surface area contributed by atoms with Crippen molar-refractivity contribution in [3.05, 3.63) is 6.92 Å². The highest BCUT2D eigenvalue weighted by Gasteiger charge is 2.10. The van der Waals surface area contributed by atoms with E-state index in [1.165, 1.54) is 12.8 Å². The van der Waals surface area contributed by atoms with Crippen molar-refractivity contribution < 1.29 is 0 Å². The molecule has 0 heterocycles. The van der Waals surface area contributed by atoms with Crippen LogP contribution in [0.2, 0.25) is 0 Å². The molecule has 1 aliphatic carbocycles. The van der Waals surface area contributed by atoms with E-state index in [-0.39, 0.29) is 0 Å². The lowest BCUT2D eigenvalue weighted by molar-refractivity contribution is 1.18. The van der Waals surface area contributed by atoms with Gasteiger partial charge >= 0.3 is 0 Å². The highest BCUT2D eigenvalue weighted by atomic mass is 14.2. The first-order chi connectivity index (χ1) is 2.93. The van der Waals surface area contributed by atoms with Gasteiger partial charge in [0.1, 0.15) is 0 Å². The zero-order chi connectivity index (χ0) is 4.41. The van der Waals surface area contributed by atoms with Crippen molar-refractivity contribution in [3.63, 3.8) is 0 Å². The predicted octanol–water partition coefficient (Wildman–Crippen LogP) is 1.23. The quantitative estimate of drug-likeness (QED) is 0.302. The minimum atomic E-state index is 0.725. The molecule has 32 valence electrons. The van der Waals surface area contributed by atoms with Crippen molar-refractivity contribution >= 4 is 0 Å². The van der Waals surface area contributed by atoms with E-state index in [1.807, 2.05) is 0 Å². The van der Waals surface area contributed by atoms with E-state index < -0.39 is 0 Å². The second-order valence-electron chi connectivity index (χ2n) is 1.60. The molecule has 0 N–H and O–H groups in total. The average molecular weight is 79.1 g/mol. The molecule has 0 spiro atoms. The summed E-state index contributed by atoms with van der Waals surface area (Å²) < 4.78 is 0. The number of rotatable bonds is 0. The lowest BCUT2D eigenvalue weighted by Crippen LogP contribution is -1.56. The molecular formula is C6H7-. The fraction of sp³-hybridized carbons (Fsp3) is 0.500. The van der Waals surface area contributed by atoms with Crippen molar-refractivity contribution in [1.29, 1.82) is 0 Å². The van der Waals surface area contributed by atoms with E-state index in [9.17, 15) is 0 Å². The van der Waals surface area contributed by atoms with Crippen LogP contribution in [-0.2, 0) is 0 Å². The molecule has 1 rings (SSSR count). The Labute approximate surface area is 38.6 Å². The molecule has 1 aliphatic rings. The Morgan fingerprint density at radius 2 is 2.17 bits per heavy atom. The summed E-state index contributed by atoms with van der Waals surface area (Å²) in [6.07, 6.45) is 2.62. The van der Waals surface area contributed by atoms with Gasteiger partial charge in [0, 0.05) is 0 Å². The van der Waals surface area contributed by atoms with Gasteiger partial charge in [0.15, 0.2) is 0 Å². The van der Waals surface area contributed by atoms with E-state index in [0.717, 1.165) is 5.92 Å². The monoisotopic (exact) mass is 79.1 g/mol. The van der Waals surface area contributed by atoms with Gasteiger partial charge < -0.3 is 5.92 Å². The molecule has 0 heteroatoms. The van der Waals surface area contributed by atoms with Crippen LogP contribution in [0.15, 0.2) is 0 Å². The Bertz CT molecular complexity index is 88.3. The van der Waals surface area contributed by atoms with Crippen molar-refractivity contribution in [2.45, 2.75) is 12.8 Å². The van der Waals surface area contributed by atoms with E-state index in [1.54, 1.807) is 0 Å². The lowest BCUT2D eigenvalue weighted by atomic mass is 10.4. The van der Waals surface area contributed by atoms with Gasteiger partial charge in [-0.3, -0.25) is 5.92 Å². The van der Waals surface area contributed by atoms with Crippen LogP contribution in [0.3, 0.4) is 0 Å². The molecule has 6 heavy (non-hydrogen) atoms. The zero-order valence-electron chi connectivity index (χ0n) is 3.70. The Kier molecular flexibility index (Phi) is 0.759. The Balaban J connectivity index is 2.27. The molecule has 0 unspecified atom stereocenters. The van der Waals surface area contributed by atoms with Gasteiger partial charge in [0.05, 0.1) is 0 Å². The summed E-state index contributed by atoms with van der Waals surface area (Å²) in [5.41, 5.74) is 0. The number of hydrogen-bond acceptors (Lipinski definition) is 0. The van der Waals surface area contributed by atoms with Crippen LogP contribution in [0.5, 0.6) is 0 Å². The SMILES string of the molecule is [CH2-]C#CC1CC1. The third-order valence-electron chi connectivity index (χ3n) is 0.884. The zero-order valence-corrected chi connectivity index (χ0v) is 3.70. The highest BCUT2D eigenvalue weighted by molar-refractivity contribution is 5.10. The molecule has 1 saturated carbocycles. The van der Waals surface area contributed by atoms with Gasteiger partial charge in [0.25, 0.3) is 0 Å². The Hall–Kier alpha value is -0.570. The van der Waals surface area contributed by atoms with Crippen molar-refractivity contribution in [2.75, 3.05) is 0 Å². The van der Waals surface area contributed by atoms with Gasteiger partial charge in [0.2, 0.25) is 0 Å². The molecule has 0 atom stereocenters. The predicted molar refractivity (Wildman–Crippen MR) is 25.9 cm³/mol. The number of hydrogen-bond donors (Lipinski definition) is 0. The average Bonchev–Trinajstić information content (AvgIpc) is 2.21. The molecule has 0 amide bonds. The van der Waals surface area contributed by atoms with E-state index in [0.29, 0.717) is 0 Å². The van der Waals surface area contributed by atoms with Crippen LogP contribution in [-0.4, -0.2) is 0 Å². The third kappa shape index (κ3) is 0.687. The fourth-order valence-corrected chi connectivity index (χ4v) is 0.372. The van der Waals surface area contributed by atoms with Crippen molar-refractivity contribution in [2.24, 2.45) is 5.92 Å². The summed E-state index contributed by atoms with van der Waals surface area (Å²) in [6, 6.07) is 0. The maximum Gasteiger partial charge on any atom is -0.0575 e. The lowest BCUT2D eigenvalue weighted by Gasteiger charge is -1.76. The molecule has 0 nitrogen and oxygen atoms in total. The van der Waals surface area contributed by atoms with Crippen LogP contribution in [0.1, 0.15) is 12.8 Å². The van der Waals surface area contributed by atoms with E-state index in [2.05, 4.69) is 18.8 Å². The summed E-state index contributed by atoms with van der Waals surface area (Å²) in [7, 11) is 0. The Morgan fingerprint density at radius 3 is 2.33 bits per heavy atom. The maximum atomic E-state index is 3.40. The van der Waals surface area contributed by atoms with Crippen LogP contribution in [0.4, 0.5) is 0 Å². The molecular weight excluding hydrogens is 72.1 g/mol. The largest absolute Gasteiger partial charge is 0.324 e. The van der Waals surface area contributed by atoms with E-state index in [4.69, 9.17) is 0 Å². The topological polar surface area (TPSA) is 0 Å². The molecule has 0 aliphatic heterocycles. The van der Waals surface area contributed by atoms with Crippen LogP contribution < -0.4 is 0 Å². The summed E-state index contributed by atoms with van der Waals surface area (Å²) in [4.78, 5) is 0. The van der Waals surface area contributed by atoms with Crippen molar-refractivity contribution in [3.8, 4) is 11.8 Å². The smallest absolute Gasteiger partial charge is 0.0575 e. The molecule has 0 saturated heterocycles. The first kappa shape index (κ1) is 3.61. The molecule has 0 aromatic carbocycles. The summed E-state index contributed by atoms with van der Waals surface area (Å²) in [5, 5.41) is 0. The fourth-order valence-electron chi connectivity index (χ4n) is 0.372. The highest BCUT2D eigenvalue weighted by Crippen LogP contribution is 2.27. The summed E-state index contributed by atoms with van der Waals surface area (Å²) in [6.45, 7) is 3.40. The van der Waals surface area contributed by atoms with Gasteiger partial charge in [-0.15, -0.1) is 0 Å². The van der Waals surface area contributed by atoms with Gasteiger partial charge in [-0.1, -0.05) is 18.8 Å². The first-order valence-electron chi connectivity index (χ1n) is 2.21. The normalized spacial score (nSPS) is 18.7.